The third-order valence-corrected chi connectivity index (χ3v) is 5.18. The fraction of sp³-hybridized carbons (Fsp3) is 0.684. The number of hydrogen-bond donors (Lipinski definition) is 2. The fourth-order valence-electron chi connectivity index (χ4n) is 3.42. The van der Waals surface area contributed by atoms with E-state index in [1.807, 2.05) is 0 Å². The van der Waals surface area contributed by atoms with E-state index in [0.717, 1.165) is 23.8 Å². The number of aryl methyl sites for hydroxylation is 2. The summed E-state index contributed by atoms with van der Waals surface area (Å²) in [7, 11) is 0. The van der Waals surface area contributed by atoms with Crippen molar-refractivity contribution in [3.63, 3.8) is 0 Å². The lowest BCUT2D eigenvalue weighted by Gasteiger charge is -2.27. The van der Waals surface area contributed by atoms with Gasteiger partial charge in [-0.25, -0.2) is 0 Å². The summed E-state index contributed by atoms with van der Waals surface area (Å²) < 4.78 is 5.91. The van der Waals surface area contributed by atoms with Crippen molar-refractivity contribution >= 4 is 0 Å². The molecule has 1 aliphatic rings. The molecule has 0 amide bonds. The quantitative estimate of drug-likeness (QED) is 0.848. The summed E-state index contributed by atoms with van der Waals surface area (Å²) in [5.74, 6) is 1.70. The van der Waals surface area contributed by atoms with Gasteiger partial charge < -0.3 is 15.2 Å². The van der Waals surface area contributed by atoms with E-state index in [4.69, 9.17) is 4.74 Å². The molecule has 1 aliphatic carbocycles. The largest absolute Gasteiger partial charge is 0.490 e. The maximum absolute atomic E-state index is 10.2. The van der Waals surface area contributed by atoms with Crippen molar-refractivity contribution in [2.45, 2.75) is 65.5 Å². The highest BCUT2D eigenvalue weighted by atomic mass is 16.5. The van der Waals surface area contributed by atoms with Gasteiger partial charge >= 0.3 is 0 Å². The minimum Gasteiger partial charge on any atom is -0.490 e. The summed E-state index contributed by atoms with van der Waals surface area (Å²) in [6, 6.07) is 4.87. The molecule has 0 aliphatic heterocycles. The number of hydrogen-bond acceptors (Lipinski definition) is 2. The molecule has 0 bridgehead atoms. The van der Waals surface area contributed by atoms with Gasteiger partial charge in [-0.15, -0.1) is 0 Å². The van der Waals surface area contributed by atoms with Gasteiger partial charge in [-0.1, -0.05) is 25.5 Å². The van der Waals surface area contributed by atoms with Crippen LogP contribution < -0.4 is 10.1 Å². The second-order valence-electron chi connectivity index (χ2n) is 7.02. The Kier molecular flexibility index (Phi) is 6.27. The Labute approximate surface area is 135 Å². The normalized spacial score (nSPS) is 23.3. The van der Waals surface area contributed by atoms with Gasteiger partial charge in [0.2, 0.25) is 0 Å². The summed E-state index contributed by atoms with van der Waals surface area (Å²) in [6.45, 7) is 9.69. The molecule has 1 fully saturated rings. The highest BCUT2D eigenvalue weighted by molar-refractivity contribution is 5.44. The second-order valence-corrected chi connectivity index (χ2v) is 7.02. The molecule has 1 aromatic rings. The molecular formula is C19H32NO2+. The Morgan fingerprint density at radius 1 is 1.18 bits per heavy atom. The Morgan fingerprint density at radius 2 is 1.86 bits per heavy atom. The molecule has 3 heteroatoms. The van der Waals surface area contributed by atoms with Gasteiger partial charge in [0.05, 0.1) is 6.04 Å². The van der Waals surface area contributed by atoms with Gasteiger partial charge in [0.1, 0.15) is 25.0 Å². The van der Waals surface area contributed by atoms with E-state index in [9.17, 15) is 5.11 Å². The Morgan fingerprint density at radius 3 is 2.59 bits per heavy atom. The number of aliphatic hydroxyl groups is 1. The van der Waals surface area contributed by atoms with Gasteiger partial charge in [0.15, 0.2) is 0 Å². The average molecular weight is 306 g/mol. The van der Waals surface area contributed by atoms with Gasteiger partial charge in [-0.2, -0.15) is 0 Å². The van der Waals surface area contributed by atoms with Gasteiger partial charge in [-0.05, 0) is 56.7 Å². The van der Waals surface area contributed by atoms with E-state index in [2.05, 4.69) is 45.1 Å². The second kappa shape index (κ2) is 7.98. The Bertz CT molecular complexity index is 487. The lowest BCUT2D eigenvalue weighted by atomic mass is 9.86. The zero-order chi connectivity index (χ0) is 16.1. The highest BCUT2D eigenvalue weighted by Crippen LogP contribution is 2.25. The first-order chi connectivity index (χ1) is 10.5. The monoisotopic (exact) mass is 306 g/mol. The summed E-state index contributed by atoms with van der Waals surface area (Å²) in [5.41, 5.74) is 3.55. The highest BCUT2D eigenvalue weighted by Gasteiger charge is 2.24. The molecule has 3 nitrogen and oxygen atoms in total. The van der Waals surface area contributed by atoms with Gasteiger partial charge in [0.25, 0.3) is 0 Å². The molecule has 22 heavy (non-hydrogen) atoms. The zero-order valence-corrected chi connectivity index (χ0v) is 14.6. The predicted octanol–water partition coefficient (Wildman–Crippen LogP) is 2.49. The lowest BCUT2D eigenvalue weighted by molar-refractivity contribution is -0.703. The number of ether oxygens (including phenoxy) is 1. The van der Waals surface area contributed by atoms with Crippen LogP contribution in [0.1, 0.15) is 49.3 Å². The first-order valence-electron chi connectivity index (χ1n) is 8.70. The van der Waals surface area contributed by atoms with E-state index in [1.54, 1.807) is 0 Å². The topological polar surface area (TPSA) is 46.1 Å². The van der Waals surface area contributed by atoms with Crippen molar-refractivity contribution in [1.29, 1.82) is 0 Å². The smallest absolute Gasteiger partial charge is 0.137 e. The molecule has 0 radical (unpaired) electrons. The number of rotatable bonds is 6. The molecule has 2 rings (SSSR count). The molecule has 1 aromatic carbocycles. The molecule has 124 valence electrons. The third-order valence-electron chi connectivity index (χ3n) is 5.18. The SMILES string of the molecule is Cc1ccc(C)c(OC[C@@H](O)C[NH2+][C@H]2CCCC[C@@H]2C)c1C. The van der Waals surface area contributed by atoms with E-state index >= 15 is 0 Å². The standard InChI is InChI=1S/C19H31NO2/c1-13-9-10-15(3)19(16(13)4)22-12-17(21)11-20-18-8-6-5-7-14(18)2/h9-10,14,17-18,20-21H,5-8,11-12H2,1-4H3/p+1/t14-,17-,18-/m0/s1. The van der Waals surface area contributed by atoms with E-state index < -0.39 is 6.10 Å². The van der Waals surface area contributed by atoms with Crippen molar-refractivity contribution in [2.75, 3.05) is 13.2 Å². The number of nitrogens with two attached hydrogens (primary N) is 1. The average Bonchev–Trinajstić information content (AvgIpc) is 2.50. The van der Waals surface area contributed by atoms with Crippen LogP contribution in [0, 0.1) is 26.7 Å². The van der Waals surface area contributed by atoms with Gasteiger partial charge in [-0.3, -0.25) is 0 Å². The van der Waals surface area contributed by atoms with Crippen LogP contribution in [0.15, 0.2) is 12.1 Å². The molecule has 3 atom stereocenters. The number of aliphatic hydroxyl groups excluding tert-OH is 1. The lowest BCUT2D eigenvalue weighted by Crippen LogP contribution is -2.93. The van der Waals surface area contributed by atoms with Crippen LogP contribution in [0.25, 0.3) is 0 Å². The fourth-order valence-corrected chi connectivity index (χ4v) is 3.42. The van der Waals surface area contributed by atoms with Crippen molar-refractivity contribution in [3.8, 4) is 5.75 Å². The summed E-state index contributed by atoms with van der Waals surface area (Å²) in [5, 5.41) is 12.5. The Balaban J connectivity index is 1.80. The first kappa shape index (κ1) is 17.3. The maximum atomic E-state index is 10.2. The van der Waals surface area contributed by atoms with Crippen LogP contribution in [-0.4, -0.2) is 30.4 Å². The minimum absolute atomic E-state index is 0.378. The number of benzene rings is 1. The summed E-state index contributed by atoms with van der Waals surface area (Å²) >= 11 is 0. The number of quaternary nitrogens is 1. The van der Waals surface area contributed by atoms with E-state index in [0.29, 0.717) is 12.6 Å². The van der Waals surface area contributed by atoms with Crippen molar-refractivity contribution in [1.82, 2.24) is 0 Å². The maximum Gasteiger partial charge on any atom is 0.137 e. The summed E-state index contributed by atoms with van der Waals surface area (Å²) in [6.07, 6.45) is 4.90. The van der Waals surface area contributed by atoms with Crippen molar-refractivity contribution in [3.05, 3.63) is 28.8 Å². The molecule has 0 spiro atoms. The molecule has 0 heterocycles. The third kappa shape index (κ3) is 4.47. The van der Waals surface area contributed by atoms with Crippen LogP contribution >= 0.6 is 0 Å². The van der Waals surface area contributed by atoms with Crippen LogP contribution in [-0.2, 0) is 0 Å². The van der Waals surface area contributed by atoms with Crippen LogP contribution in [0.4, 0.5) is 0 Å². The Hall–Kier alpha value is -1.06. The predicted molar refractivity (Wildman–Crippen MR) is 90.4 cm³/mol. The van der Waals surface area contributed by atoms with Crippen molar-refractivity contribution in [2.24, 2.45) is 5.92 Å². The van der Waals surface area contributed by atoms with E-state index in [1.165, 1.54) is 36.8 Å². The van der Waals surface area contributed by atoms with Gasteiger partial charge in [0, 0.05) is 5.92 Å². The van der Waals surface area contributed by atoms with E-state index in [-0.39, 0.29) is 0 Å². The van der Waals surface area contributed by atoms with Crippen molar-refractivity contribution < 1.29 is 15.2 Å². The molecule has 0 unspecified atom stereocenters. The van der Waals surface area contributed by atoms with Crippen LogP contribution in [0.3, 0.4) is 0 Å². The first-order valence-corrected chi connectivity index (χ1v) is 8.70. The van der Waals surface area contributed by atoms with Crippen LogP contribution in [0.5, 0.6) is 5.75 Å². The van der Waals surface area contributed by atoms with Crippen LogP contribution in [0.2, 0.25) is 0 Å². The molecular weight excluding hydrogens is 274 g/mol. The molecule has 3 N–H and O–H groups in total. The molecule has 1 saturated carbocycles. The summed E-state index contributed by atoms with van der Waals surface area (Å²) in [4.78, 5) is 0. The minimum atomic E-state index is -0.409. The zero-order valence-electron chi connectivity index (χ0n) is 14.6. The molecule has 0 aromatic heterocycles. The molecule has 0 saturated heterocycles.